The highest BCUT2D eigenvalue weighted by Crippen LogP contribution is 2.28. The molecule has 1 N–H and O–H groups in total. The highest BCUT2D eigenvalue weighted by Gasteiger charge is 2.27. The molecule has 0 unspecified atom stereocenters. The Labute approximate surface area is 110 Å². The van der Waals surface area contributed by atoms with Crippen LogP contribution in [-0.4, -0.2) is 34.0 Å². The number of benzene rings is 1. The Kier molecular flexibility index (Phi) is 3.80. The second-order valence-corrected chi connectivity index (χ2v) is 4.87. The van der Waals surface area contributed by atoms with E-state index in [4.69, 9.17) is 0 Å². The van der Waals surface area contributed by atoms with Crippen LogP contribution >= 0.6 is 0 Å². The van der Waals surface area contributed by atoms with Gasteiger partial charge < -0.3 is 5.11 Å². The minimum atomic E-state index is -1.25. The van der Waals surface area contributed by atoms with Gasteiger partial charge in [-0.05, 0) is 25.5 Å². The van der Waals surface area contributed by atoms with Crippen molar-refractivity contribution >= 4 is 11.7 Å². The van der Waals surface area contributed by atoms with Crippen molar-refractivity contribution in [3.8, 4) is 0 Å². The molecule has 6 nitrogen and oxygen atoms in total. The average molecular weight is 264 g/mol. The van der Waals surface area contributed by atoms with Gasteiger partial charge >= 0.3 is 5.97 Å². The average Bonchev–Trinajstić information content (AvgIpc) is 2.25. The van der Waals surface area contributed by atoms with Crippen LogP contribution in [0.15, 0.2) is 18.2 Å². The molecule has 1 fully saturated rings. The fraction of sp³-hybridized carbons (Fsp3) is 0.462. The summed E-state index contributed by atoms with van der Waals surface area (Å²) in [6, 6.07) is 4.87. The van der Waals surface area contributed by atoms with Crippen molar-refractivity contribution in [2.45, 2.75) is 31.8 Å². The molecule has 1 aliphatic rings. The summed E-state index contributed by atoms with van der Waals surface area (Å²) in [5, 5.41) is 20.1. The van der Waals surface area contributed by atoms with Crippen molar-refractivity contribution in [3.05, 3.63) is 39.4 Å². The minimum absolute atomic E-state index is 0.196. The van der Waals surface area contributed by atoms with Gasteiger partial charge in [0.25, 0.3) is 5.69 Å². The minimum Gasteiger partial charge on any atom is -0.477 e. The normalized spacial score (nSPS) is 15.3. The molecule has 0 amide bonds. The van der Waals surface area contributed by atoms with Gasteiger partial charge in [-0.25, -0.2) is 4.79 Å². The summed E-state index contributed by atoms with van der Waals surface area (Å²) < 4.78 is 0. The van der Waals surface area contributed by atoms with Gasteiger partial charge in [-0.2, -0.15) is 0 Å². The first-order valence-electron chi connectivity index (χ1n) is 6.20. The second kappa shape index (κ2) is 5.36. The van der Waals surface area contributed by atoms with Crippen LogP contribution in [0.5, 0.6) is 0 Å². The predicted octanol–water partition coefficient (Wildman–Crippen LogP) is 2.28. The van der Waals surface area contributed by atoms with Gasteiger partial charge in [0, 0.05) is 18.7 Å². The first kappa shape index (κ1) is 13.5. The SMILES string of the molecule is CN(Cc1cccc([N+](=O)[O-])c1C(=O)O)C1CCC1. The van der Waals surface area contributed by atoms with Crippen LogP contribution in [0.25, 0.3) is 0 Å². The highest BCUT2D eigenvalue weighted by molar-refractivity contribution is 5.94. The maximum atomic E-state index is 11.3. The van der Waals surface area contributed by atoms with Crippen molar-refractivity contribution < 1.29 is 14.8 Å². The molecule has 1 saturated carbocycles. The topological polar surface area (TPSA) is 83.7 Å². The van der Waals surface area contributed by atoms with Crippen molar-refractivity contribution in [1.29, 1.82) is 0 Å². The van der Waals surface area contributed by atoms with Crippen LogP contribution in [0, 0.1) is 10.1 Å². The van der Waals surface area contributed by atoms with E-state index < -0.39 is 10.9 Å². The molecular formula is C13H16N2O4. The zero-order chi connectivity index (χ0) is 14.0. The lowest BCUT2D eigenvalue weighted by Crippen LogP contribution is -2.36. The van der Waals surface area contributed by atoms with E-state index in [1.807, 2.05) is 7.05 Å². The van der Waals surface area contributed by atoms with Crippen molar-refractivity contribution in [1.82, 2.24) is 4.90 Å². The van der Waals surface area contributed by atoms with Crippen LogP contribution in [0.1, 0.15) is 35.2 Å². The molecule has 1 aromatic rings. The van der Waals surface area contributed by atoms with Gasteiger partial charge in [-0.1, -0.05) is 18.6 Å². The standard InChI is InChI=1S/C13H16N2O4/c1-14(10-5-3-6-10)8-9-4-2-7-11(15(18)19)12(9)13(16)17/h2,4,7,10H,3,5-6,8H2,1H3,(H,16,17). The fourth-order valence-electron chi connectivity index (χ4n) is 2.34. The van der Waals surface area contributed by atoms with Gasteiger partial charge in [0.2, 0.25) is 0 Å². The van der Waals surface area contributed by atoms with E-state index in [9.17, 15) is 20.0 Å². The number of carboxylic acids is 1. The van der Waals surface area contributed by atoms with Gasteiger partial charge in [-0.3, -0.25) is 15.0 Å². The van der Waals surface area contributed by atoms with E-state index in [1.54, 1.807) is 6.07 Å². The van der Waals surface area contributed by atoms with Gasteiger partial charge in [-0.15, -0.1) is 0 Å². The zero-order valence-corrected chi connectivity index (χ0v) is 10.7. The quantitative estimate of drug-likeness (QED) is 0.651. The molecule has 0 bridgehead atoms. The second-order valence-electron chi connectivity index (χ2n) is 4.87. The third-order valence-corrected chi connectivity index (χ3v) is 3.66. The van der Waals surface area contributed by atoms with Crippen LogP contribution in [-0.2, 0) is 6.54 Å². The van der Waals surface area contributed by atoms with E-state index in [2.05, 4.69) is 4.90 Å². The molecule has 2 rings (SSSR count). The third kappa shape index (κ3) is 2.73. The van der Waals surface area contributed by atoms with Crippen LogP contribution in [0.2, 0.25) is 0 Å². The Morgan fingerprint density at radius 2 is 2.21 bits per heavy atom. The molecule has 1 aromatic carbocycles. The van der Waals surface area contributed by atoms with Crippen molar-refractivity contribution in [2.75, 3.05) is 7.05 Å². The van der Waals surface area contributed by atoms with Crippen LogP contribution < -0.4 is 0 Å². The summed E-state index contributed by atoms with van der Waals surface area (Å²) in [6.45, 7) is 0.425. The number of nitrogens with zero attached hydrogens (tertiary/aromatic N) is 2. The van der Waals surface area contributed by atoms with Gasteiger partial charge in [0.05, 0.1) is 4.92 Å². The molecule has 102 valence electrons. The van der Waals surface area contributed by atoms with Gasteiger partial charge in [0.1, 0.15) is 5.56 Å². The number of carbonyl (C=O) groups is 1. The number of rotatable bonds is 5. The summed E-state index contributed by atoms with van der Waals surface area (Å²) in [5.74, 6) is -1.25. The van der Waals surface area contributed by atoms with E-state index in [-0.39, 0.29) is 11.3 Å². The molecule has 0 heterocycles. The molecule has 6 heteroatoms. The molecule has 0 aromatic heterocycles. The Morgan fingerprint density at radius 1 is 1.53 bits per heavy atom. The van der Waals surface area contributed by atoms with E-state index >= 15 is 0 Å². The Morgan fingerprint density at radius 3 is 2.68 bits per heavy atom. The molecular weight excluding hydrogens is 248 g/mol. The summed E-state index contributed by atoms with van der Waals surface area (Å²) in [4.78, 5) is 23.6. The largest absolute Gasteiger partial charge is 0.477 e. The Hall–Kier alpha value is -1.95. The van der Waals surface area contributed by atoms with E-state index in [1.165, 1.54) is 18.6 Å². The first-order chi connectivity index (χ1) is 9.00. The van der Waals surface area contributed by atoms with Crippen LogP contribution in [0.3, 0.4) is 0 Å². The summed E-state index contributed by atoms with van der Waals surface area (Å²) in [5.41, 5.74) is -0.0400. The molecule has 19 heavy (non-hydrogen) atoms. The summed E-state index contributed by atoms with van der Waals surface area (Å²) >= 11 is 0. The predicted molar refractivity (Wildman–Crippen MR) is 69.2 cm³/mol. The summed E-state index contributed by atoms with van der Waals surface area (Å²) in [7, 11) is 1.92. The first-order valence-corrected chi connectivity index (χ1v) is 6.20. The maximum absolute atomic E-state index is 11.3. The van der Waals surface area contributed by atoms with Gasteiger partial charge in [0.15, 0.2) is 0 Å². The Bertz CT molecular complexity index is 511. The number of hydrogen-bond acceptors (Lipinski definition) is 4. The number of nitro benzene ring substituents is 1. The lowest BCUT2D eigenvalue weighted by atomic mass is 9.91. The number of nitro groups is 1. The molecule has 0 spiro atoms. The maximum Gasteiger partial charge on any atom is 0.343 e. The molecule has 1 aliphatic carbocycles. The molecule has 0 radical (unpaired) electrons. The van der Waals surface area contributed by atoms with E-state index in [0.717, 1.165) is 12.8 Å². The Balaban J connectivity index is 2.30. The smallest absolute Gasteiger partial charge is 0.343 e. The third-order valence-electron chi connectivity index (χ3n) is 3.66. The van der Waals surface area contributed by atoms with Crippen molar-refractivity contribution in [2.24, 2.45) is 0 Å². The monoisotopic (exact) mass is 264 g/mol. The number of carboxylic acid groups (broad SMARTS) is 1. The molecule has 0 atom stereocenters. The molecule has 0 saturated heterocycles. The van der Waals surface area contributed by atoms with E-state index in [0.29, 0.717) is 18.2 Å². The van der Waals surface area contributed by atoms with Crippen molar-refractivity contribution in [3.63, 3.8) is 0 Å². The summed E-state index contributed by atoms with van der Waals surface area (Å²) in [6.07, 6.45) is 3.40. The zero-order valence-electron chi connectivity index (χ0n) is 10.7. The lowest BCUT2D eigenvalue weighted by Gasteiger charge is -2.34. The number of hydrogen-bond donors (Lipinski definition) is 1. The van der Waals surface area contributed by atoms with Crippen LogP contribution in [0.4, 0.5) is 5.69 Å². The molecule has 0 aliphatic heterocycles. The number of aromatic carboxylic acids is 1. The lowest BCUT2D eigenvalue weighted by molar-refractivity contribution is -0.385. The highest BCUT2D eigenvalue weighted by atomic mass is 16.6. The fourth-order valence-corrected chi connectivity index (χ4v) is 2.34.